The van der Waals surface area contributed by atoms with E-state index in [1.165, 1.54) is 25.9 Å². The van der Waals surface area contributed by atoms with Crippen LogP contribution in [0.2, 0.25) is 0 Å². The molecule has 2 aliphatic heterocycles. The molecular weight excluding hydrogens is 216 g/mol. The van der Waals surface area contributed by atoms with E-state index < -0.39 is 0 Å². The summed E-state index contributed by atoms with van der Waals surface area (Å²) < 4.78 is 11.4. The number of nitrogens with two attached hydrogens (primary N) is 1. The number of rotatable bonds is 4. The molecule has 2 N–H and O–H groups in total. The van der Waals surface area contributed by atoms with Crippen LogP contribution in [0, 0.1) is 5.92 Å². The zero-order chi connectivity index (χ0) is 12.3. The van der Waals surface area contributed by atoms with Crippen LogP contribution in [0.15, 0.2) is 0 Å². The van der Waals surface area contributed by atoms with Gasteiger partial charge in [-0.3, -0.25) is 0 Å². The lowest BCUT2D eigenvalue weighted by molar-refractivity contribution is -0.0759. The molecule has 0 saturated carbocycles. The molecule has 4 heteroatoms. The summed E-state index contributed by atoms with van der Waals surface area (Å²) in [6, 6.07) is 0.653. The smallest absolute Gasteiger partial charge is 0.158 e. The summed E-state index contributed by atoms with van der Waals surface area (Å²) in [4.78, 5) is 2.56. The summed E-state index contributed by atoms with van der Waals surface area (Å²) in [5, 5.41) is 0. The molecule has 0 aromatic rings. The molecule has 3 atom stereocenters. The van der Waals surface area contributed by atoms with E-state index in [-0.39, 0.29) is 12.4 Å². The average Bonchev–Trinajstić information content (AvgIpc) is 2.77. The molecule has 0 spiro atoms. The van der Waals surface area contributed by atoms with Gasteiger partial charge in [-0.25, -0.2) is 0 Å². The number of hydrogen-bond acceptors (Lipinski definition) is 4. The molecule has 2 rings (SSSR count). The normalized spacial score (nSPS) is 35.6. The Morgan fingerprint density at radius 2 is 2.24 bits per heavy atom. The van der Waals surface area contributed by atoms with Crippen LogP contribution in [-0.4, -0.2) is 49.6 Å². The van der Waals surface area contributed by atoms with E-state index in [1.807, 2.05) is 0 Å². The van der Waals surface area contributed by atoms with Gasteiger partial charge >= 0.3 is 0 Å². The average molecular weight is 242 g/mol. The highest BCUT2D eigenvalue weighted by molar-refractivity contribution is 4.77. The van der Waals surface area contributed by atoms with Gasteiger partial charge in [0.2, 0.25) is 0 Å². The largest absolute Gasteiger partial charge is 0.350 e. The van der Waals surface area contributed by atoms with Crippen molar-refractivity contribution in [2.24, 2.45) is 11.7 Å². The first-order valence-corrected chi connectivity index (χ1v) is 6.90. The minimum Gasteiger partial charge on any atom is -0.350 e. The highest BCUT2D eigenvalue weighted by Gasteiger charge is 2.30. The van der Waals surface area contributed by atoms with Crippen LogP contribution in [0.1, 0.15) is 33.1 Å². The minimum atomic E-state index is -0.0133. The second kappa shape index (κ2) is 6.14. The third-order valence-corrected chi connectivity index (χ3v) is 3.88. The second-order valence-electron chi connectivity index (χ2n) is 5.59. The van der Waals surface area contributed by atoms with Crippen molar-refractivity contribution in [3.63, 3.8) is 0 Å². The van der Waals surface area contributed by atoms with Gasteiger partial charge in [0.05, 0.1) is 12.7 Å². The first-order valence-electron chi connectivity index (χ1n) is 6.90. The minimum absolute atomic E-state index is 0.0133. The lowest BCUT2D eigenvalue weighted by atomic mass is 9.94. The van der Waals surface area contributed by atoms with Crippen LogP contribution >= 0.6 is 0 Å². The molecule has 2 saturated heterocycles. The number of nitrogens with zero attached hydrogens (tertiary/aromatic N) is 1. The van der Waals surface area contributed by atoms with Crippen molar-refractivity contribution in [1.82, 2.24) is 4.90 Å². The third kappa shape index (κ3) is 3.65. The lowest BCUT2D eigenvalue weighted by Gasteiger charge is -2.36. The van der Waals surface area contributed by atoms with E-state index in [4.69, 9.17) is 15.2 Å². The first-order chi connectivity index (χ1) is 8.19. The van der Waals surface area contributed by atoms with E-state index in [0.29, 0.717) is 25.1 Å². The number of likely N-dealkylation sites (tertiary alicyclic amines) is 1. The Labute approximate surface area is 104 Å². The Morgan fingerprint density at radius 1 is 1.41 bits per heavy atom. The quantitative estimate of drug-likeness (QED) is 0.804. The number of hydrogen-bond donors (Lipinski definition) is 1. The van der Waals surface area contributed by atoms with Crippen molar-refractivity contribution < 1.29 is 9.47 Å². The highest BCUT2D eigenvalue weighted by atomic mass is 16.7. The van der Waals surface area contributed by atoms with E-state index >= 15 is 0 Å². The van der Waals surface area contributed by atoms with Crippen LogP contribution in [0.25, 0.3) is 0 Å². The molecule has 2 heterocycles. The maximum absolute atomic E-state index is 5.74. The number of ether oxygens (including phenoxy) is 2. The fourth-order valence-corrected chi connectivity index (χ4v) is 2.79. The molecule has 0 aliphatic carbocycles. The van der Waals surface area contributed by atoms with Crippen molar-refractivity contribution in [3.05, 3.63) is 0 Å². The summed E-state index contributed by atoms with van der Waals surface area (Å²) in [7, 11) is 0. The van der Waals surface area contributed by atoms with E-state index in [2.05, 4.69) is 18.7 Å². The van der Waals surface area contributed by atoms with Crippen LogP contribution < -0.4 is 5.73 Å². The molecule has 3 unspecified atom stereocenters. The zero-order valence-electron chi connectivity index (χ0n) is 11.1. The molecule has 0 aromatic carbocycles. The molecule has 0 bridgehead atoms. The molecule has 100 valence electrons. The number of piperidine rings is 1. The second-order valence-corrected chi connectivity index (χ2v) is 5.59. The predicted molar refractivity (Wildman–Crippen MR) is 67.7 cm³/mol. The van der Waals surface area contributed by atoms with Gasteiger partial charge in [0.25, 0.3) is 0 Å². The van der Waals surface area contributed by atoms with E-state index in [9.17, 15) is 0 Å². The fourth-order valence-electron chi connectivity index (χ4n) is 2.79. The lowest BCUT2D eigenvalue weighted by Crippen LogP contribution is -2.41. The monoisotopic (exact) mass is 242 g/mol. The zero-order valence-corrected chi connectivity index (χ0v) is 11.1. The van der Waals surface area contributed by atoms with Gasteiger partial charge in [0, 0.05) is 25.6 Å². The summed E-state index contributed by atoms with van der Waals surface area (Å²) in [5.41, 5.74) is 5.58. The summed E-state index contributed by atoms with van der Waals surface area (Å²) >= 11 is 0. The third-order valence-electron chi connectivity index (χ3n) is 3.88. The maximum Gasteiger partial charge on any atom is 0.158 e. The molecule has 4 nitrogen and oxygen atoms in total. The van der Waals surface area contributed by atoms with Crippen molar-refractivity contribution in [2.75, 3.05) is 26.2 Å². The van der Waals surface area contributed by atoms with Gasteiger partial charge in [-0.05, 0) is 39.2 Å². The van der Waals surface area contributed by atoms with Gasteiger partial charge in [-0.2, -0.15) is 0 Å². The molecule has 0 radical (unpaired) electrons. The summed E-state index contributed by atoms with van der Waals surface area (Å²) in [6.45, 7) is 8.21. The Kier molecular flexibility index (Phi) is 4.79. The van der Waals surface area contributed by atoms with Crippen molar-refractivity contribution >= 4 is 0 Å². The van der Waals surface area contributed by atoms with Crippen molar-refractivity contribution in [2.45, 2.75) is 51.5 Å². The molecule has 2 aliphatic rings. The molecule has 0 aromatic heterocycles. The first kappa shape index (κ1) is 13.3. The standard InChI is InChI=1S/C13H26N2O2/c1-10(2)15-5-3-4-11(8-15)6-13-16-9-12(7-14)17-13/h10-13H,3-9,14H2,1-2H3. The molecule has 0 amide bonds. The van der Waals surface area contributed by atoms with Gasteiger partial charge in [-0.1, -0.05) is 0 Å². The maximum atomic E-state index is 5.74. The van der Waals surface area contributed by atoms with Gasteiger partial charge in [0.15, 0.2) is 6.29 Å². The van der Waals surface area contributed by atoms with Crippen LogP contribution in [-0.2, 0) is 9.47 Å². The van der Waals surface area contributed by atoms with E-state index in [1.54, 1.807) is 0 Å². The van der Waals surface area contributed by atoms with Crippen molar-refractivity contribution in [1.29, 1.82) is 0 Å². The SMILES string of the molecule is CC(C)N1CCCC(CC2OCC(CN)O2)C1. The molecule has 2 fully saturated rings. The Hall–Kier alpha value is -0.160. The van der Waals surface area contributed by atoms with Crippen LogP contribution in [0.3, 0.4) is 0 Å². The van der Waals surface area contributed by atoms with Gasteiger partial charge in [-0.15, -0.1) is 0 Å². The summed E-state index contributed by atoms with van der Waals surface area (Å²) in [6.07, 6.45) is 3.74. The highest BCUT2D eigenvalue weighted by Crippen LogP contribution is 2.26. The summed E-state index contributed by atoms with van der Waals surface area (Å²) in [5.74, 6) is 0.715. The van der Waals surface area contributed by atoms with Crippen LogP contribution in [0.4, 0.5) is 0 Å². The Balaban J connectivity index is 1.75. The van der Waals surface area contributed by atoms with Gasteiger partial charge in [0.1, 0.15) is 0 Å². The van der Waals surface area contributed by atoms with Crippen molar-refractivity contribution in [3.8, 4) is 0 Å². The molecular formula is C13H26N2O2. The van der Waals surface area contributed by atoms with E-state index in [0.717, 1.165) is 6.42 Å². The molecule has 17 heavy (non-hydrogen) atoms. The Bertz CT molecular complexity index is 235. The fraction of sp³-hybridized carbons (Fsp3) is 1.00. The topological polar surface area (TPSA) is 47.7 Å². The van der Waals surface area contributed by atoms with Gasteiger partial charge < -0.3 is 20.1 Å². The predicted octanol–water partition coefficient (Wildman–Crippen LogP) is 1.20. The van der Waals surface area contributed by atoms with Crippen LogP contribution in [0.5, 0.6) is 0 Å². The Morgan fingerprint density at radius 3 is 2.88 bits per heavy atom.